The number of nitriles is 1. The Labute approximate surface area is 139 Å². The first-order valence-electron chi connectivity index (χ1n) is 7.44. The van der Waals surface area contributed by atoms with E-state index in [0.717, 1.165) is 11.1 Å². The van der Waals surface area contributed by atoms with Gasteiger partial charge in [0.05, 0.1) is 5.56 Å². The summed E-state index contributed by atoms with van der Waals surface area (Å²) in [7, 11) is 0. The van der Waals surface area contributed by atoms with Crippen molar-refractivity contribution in [2.75, 3.05) is 6.54 Å². The summed E-state index contributed by atoms with van der Waals surface area (Å²) < 4.78 is 0. The molecule has 1 saturated heterocycles. The predicted octanol–water partition coefficient (Wildman–Crippen LogP) is 2.23. The first-order valence-corrected chi connectivity index (χ1v) is 7.82. The fourth-order valence-electron chi connectivity index (χ4n) is 3.04. The highest BCUT2D eigenvalue weighted by molar-refractivity contribution is 6.30. The van der Waals surface area contributed by atoms with E-state index in [2.05, 4.69) is 4.98 Å². The van der Waals surface area contributed by atoms with Gasteiger partial charge < -0.3 is 10.0 Å². The van der Waals surface area contributed by atoms with E-state index in [-0.39, 0.29) is 17.5 Å². The molecule has 1 unspecified atom stereocenters. The predicted molar refractivity (Wildman–Crippen MR) is 84.1 cm³/mol. The van der Waals surface area contributed by atoms with Gasteiger partial charge in [-0.05, 0) is 44.2 Å². The van der Waals surface area contributed by atoms with E-state index >= 15 is 0 Å². The van der Waals surface area contributed by atoms with Crippen molar-refractivity contribution >= 4 is 23.5 Å². The number of aromatic nitrogens is 1. The number of carbonyl (C=O) groups excluding carboxylic acids is 1. The van der Waals surface area contributed by atoms with E-state index in [0.29, 0.717) is 37.1 Å². The van der Waals surface area contributed by atoms with Gasteiger partial charge in [0.15, 0.2) is 0 Å². The molecule has 0 saturated carbocycles. The van der Waals surface area contributed by atoms with Gasteiger partial charge in [0, 0.05) is 18.7 Å². The van der Waals surface area contributed by atoms with Crippen molar-refractivity contribution in [3.8, 4) is 6.07 Å². The first kappa shape index (κ1) is 17.2. The molecule has 1 amide bonds. The van der Waals surface area contributed by atoms with Crippen LogP contribution in [-0.4, -0.2) is 39.5 Å². The molecule has 1 aromatic heterocycles. The first-order chi connectivity index (χ1) is 10.9. The maximum Gasteiger partial charge on any atom is 0.326 e. The second-order valence-corrected chi connectivity index (χ2v) is 6.02. The zero-order valence-corrected chi connectivity index (χ0v) is 13.9. The summed E-state index contributed by atoms with van der Waals surface area (Å²) >= 11 is 5.95. The number of amides is 1. The average Bonchev–Trinajstić information content (AvgIpc) is 2.96. The van der Waals surface area contributed by atoms with Crippen molar-refractivity contribution in [1.82, 2.24) is 9.88 Å². The lowest BCUT2D eigenvalue weighted by molar-refractivity contribution is -0.148. The van der Waals surface area contributed by atoms with E-state index in [4.69, 9.17) is 22.0 Å². The number of rotatable bonds is 4. The molecule has 1 aliphatic heterocycles. The Morgan fingerprint density at radius 3 is 2.78 bits per heavy atom. The lowest BCUT2D eigenvalue weighted by Crippen LogP contribution is -2.40. The van der Waals surface area contributed by atoms with Crippen LogP contribution in [0.5, 0.6) is 0 Å². The molecule has 0 aromatic carbocycles. The van der Waals surface area contributed by atoms with E-state index < -0.39 is 12.0 Å². The molecule has 1 aromatic rings. The number of carboxylic acids is 1. The Balaban J connectivity index is 2.14. The summed E-state index contributed by atoms with van der Waals surface area (Å²) in [5.41, 5.74) is 2.57. The summed E-state index contributed by atoms with van der Waals surface area (Å²) in [5, 5.41) is 18.5. The van der Waals surface area contributed by atoms with Gasteiger partial charge in [-0.15, -0.1) is 0 Å². The topological polar surface area (TPSA) is 94.3 Å². The second-order valence-electron chi connectivity index (χ2n) is 5.66. The van der Waals surface area contributed by atoms with E-state index in [1.54, 1.807) is 13.8 Å². The molecule has 0 bridgehead atoms. The Morgan fingerprint density at radius 1 is 1.48 bits per heavy atom. The zero-order valence-electron chi connectivity index (χ0n) is 13.1. The maximum atomic E-state index is 12.3. The molecule has 6 nitrogen and oxygen atoms in total. The van der Waals surface area contributed by atoms with Gasteiger partial charge in [0.1, 0.15) is 17.3 Å². The number of hydrogen-bond donors (Lipinski definition) is 1. The molecule has 1 aliphatic rings. The van der Waals surface area contributed by atoms with Crippen LogP contribution >= 0.6 is 11.6 Å². The van der Waals surface area contributed by atoms with Crippen LogP contribution in [0.1, 0.15) is 41.6 Å². The normalized spacial score (nSPS) is 17.1. The van der Waals surface area contributed by atoms with Crippen molar-refractivity contribution in [2.45, 2.75) is 45.6 Å². The molecule has 2 rings (SSSR count). The highest BCUT2D eigenvalue weighted by atomic mass is 35.5. The van der Waals surface area contributed by atoms with Crippen LogP contribution in [0.2, 0.25) is 5.15 Å². The minimum atomic E-state index is -0.955. The van der Waals surface area contributed by atoms with E-state index in [9.17, 15) is 9.59 Å². The van der Waals surface area contributed by atoms with Crippen molar-refractivity contribution < 1.29 is 14.7 Å². The van der Waals surface area contributed by atoms with Crippen LogP contribution in [0, 0.1) is 25.2 Å². The van der Waals surface area contributed by atoms with Gasteiger partial charge in [-0.3, -0.25) is 4.79 Å². The van der Waals surface area contributed by atoms with Gasteiger partial charge >= 0.3 is 5.97 Å². The van der Waals surface area contributed by atoms with Crippen LogP contribution in [0.25, 0.3) is 0 Å². The fraction of sp³-hybridized carbons (Fsp3) is 0.500. The van der Waals surface area contributed by atoms with Crippen LogP contribution < -0.4 is 0 Å². The number of aliphatic carboxylic acids is 1. The van der Waals surface area contributed by atoms with Crippen molar-refractivity contribution in [1.29, 1.82) is 5.26 Å². The Bertz CT molecular complexity index is 697. The molecule has 23 heavy (non-hydrogen) atoms. The van der Waals surface area contributed by atoms with Crippen molar-refractivity contribution in [3.63, 3.8) is 0 Å². The molecule has 1 atom stereocenters. The highest BCUT2D eigenvalue weighted by Crippen LogP contribution is 2.25. The molecule has 1 fully saturated rings. The van der Waals surface area contributed by atoms with Gasteiger partial charge in [-0.1, -0.05) is 11.6 Å². The third-order valence-electron chi connectivity index (χ3n) is 4.30. The minimum absolute atomic E-state index is 0.170. The van der Waals surface area contributed by atoms with Gasteiger partial charge in [-0.2, -0.15) is 5.26 Å². The monoisotopic (exact) mass is 335 g/mol. The second kappa shape index (κ2) is 6.97. The van der Waals surface area contributed by atoms with E-state index in [1.165, 1.54) is 4.90 Å². The van der Waals surface area contributed by atoms with Crippen molar-refractivity contribution in [2.24, 2.45) is 0 Å². The summed E-state index contributed by atoms with van der Waals surface area (Å²) in [6.07, 6.45) is 1.82. The fourth-order valence-corrected chi connectivity index (χ4v) is 3.35. The van der Waals surface area contributed by atoms with E-state index in [1.807, 2.05) is 6.07 Å². The number of pyridine rings is 1. The van der Waals surface area contributed by atoms with Gasteiger partial charge in [0.2, 0.25) is 5.91 Å². The number of halogens is 1. The number of carboxylic acid groups (broad SMARTS) is 1. The zero-order chi connectivity index (χ0) is 17.1. The number of carbonyl (C=O) groups is 2. The third kappa shape index (κ3) is 3.45. The summed E-state index contributed by atoms with van der Waals surface area (Å²) in [5.74, 6) is -1.13. The Morgan fingerprint density at radius 2 is 2.17 bits per heavy atom. The van der Waals surface area contributed by atoms with Crippen LogP contribution in [0.3, 0.4) is 0 Å². The van der Waals surface area contributed by atoms with Gasteiger partial charge in [0.25, 0.3) is 0 Å². The summed E-state index contributed by atoms with van der Waals surface area (Å²) in [6, 6.07) is 1.31. The number of hydrogen-bond acceptors (Lipinski definition) is 4. The molecule has 0 radical (unpaired) electrons. The lowest BCUT2D eigenvalue weighted by atomic mass is 9.99. The van der Waals surface area contributed by atoms with Gasteiger partial charge in [-0.25, -0.2) is 9.78 Å². The number of nitrogens with zero attached hydrogens (tertiary/aromatic N) is 3. The molecule has 0 aliphatic carbocycles. The Kier molecular flexibility index (Phi) is 5.22. The largest absolute Gasteiger partial charge is 0.480 e. The molecule has 2 heterocycles. The Hall–Kier alpha value is -2.13. The van der Waals surface area contributed by atoms with Crippen LogP contribution in [-0.2, 0) is 16.0 Å². The number of likely N-dealkylation sites (tertiary alicyclic amines) is 1. The summed E-state index contributed by atoms with van der Waals surface area (Å²) in [6.45, 7) is 4.06. The van der Waals surface area contributed by atoms with Crippen LogP contribution in [0.15, 0.2) is 0 Å². The molecular formula is C16H18ClN3O3. The quantitative estimate of drug-likeness (QED) is 0.851. The SMILES string of the molecule is Cc1nc(Cl)c(C#N)c(C)c1CCC(=O)N1CCCC1C(=O)O. The average molecular weight is 336 g/mol. The smallest absolute Gasteiger partial charge is 0.326 e. The molecule has 122 valence electrons. The summed E-state index contributed by atoms with van der Waals surface area (Å²) in [4.78, 5) is 29.1. The van der Waals surface area contributed by atoms with Crippen molar-refractivity contribution in [3.05, 3.63) is 27.5 Å². The highest BCUT2D eigenvalue weighted by Gasteiger charge is 2.33. The molecular weight excluding hydrogens is 318 g/mol. The lowest BCUT2D eigenvalue weighted by Gasteiger charge is -2.21. The third-order valence-corrected chi connectivity index (χ3v) is 4.57. The van der Waals surface area contributed by atoms with Crippen LogP contribution in [0.4, 0.5) is 0 Å². The molecule has 0 spiro atoms. The molecule has 7 heteroatoms. The molecule has 1 N–H and O–H groups in total. The maximum absolute atomic E-state index is 12.3. The standard InChI is InChI=1S/C16H18ClN3O3/c1-9-11(10(2)19-15(17)12(9)8-18)5-6-14(21)20-7-3-4-13(20)16(22)23/h13H,3-7H2,1-2H3,(H,22,23). The minimum Gasteiger partial charge on any atom is -0.480 e. The number of aryl methyl sites for hydroxylation is 1.